The highest BCUT2D eigenvalue weighted by Gasteiger charge is 2.29. The van der Waals surface area contributed by atoms with Crippen molar-refractivity contribution in [2.24, 2.45) is 0 Å². The molecular formula is C15H11ClN2O4. The summed E-state index contributed by atoms with van der Waals surface area (Å²) in [6.07, 6.45) is 0. The minimum atomic E-state index is -0.606. The highest BCUT2D eigenvalue weighted by atomic mass is 35.5. The van der Waals surface area contributed by atoms with Crippen LogP contribution in [0.4, 0.5) is 11.4 Å². The fourth-order valence-electron chi connectivity index (χ4n) is 2.36. The zero-order chi connectivity index (χ0) is 15.7. The summed E-state index contributed by atoms with van der Waals surface area (Å²) >= 11 is 5.78. The number of hydrogen-bond acceptors (Lipinski definition) is 4. The largest absolute Gasteiger partial charge is 0.490 e. The maximum absolute atomic E-state index is 12.7. The normalized spacial score (nSPS) is 13.2. The van der Waals surface area contributed by atoms with Gasteiger partial charge in [-0.25, -0.2) is 0 Å². The van der Waals surface area contributed by atoms with E-state index in [4.69, 9.17) is 16.3 Å². The number of nitro benzene ring substituents is 1. The van der Waals surface area contributed by atoms with Crippen molar-refractivity contribution in [2.75, 3.05) is 18.1 Å². The third kappa shape index (κ3) is 2.48. The van der Waals surface area contributed by atoms with E-state index in [2.05, 4.69) is 0 Å². The van der Waals surface area contributed by atoms with Crippen molar-refractivity contribution in [3.8, 4) is 5.75 Å². The summed E-state index contributed by atoms with van der Waals surface area (Å²) in [7, 11) is 0. The molecule has 1 aliphatic rings. The van der Waals surface area contributed by atoms with Crippen molar-refractivity contribution in [1.82, 2.24) is 0 Å². The summed E-state index contributed by atoms with van der Waals surface area (Å²) in [5.74, 6) is 0.137. The van der Waals surface area contributed by atoms with Gasteiger partial charge in [0.25, 0.3) is 11.6 Å². The fraction of sp³-hybridized carbons (Fsp3) is 0.133. The molecule has 1 aliphatic heterocycles. The van der Waals surface area contributed by atoms with Crippen LogP contribution < -0.4 is 9.64 Å². The minimum Gasteiger partial charge on any atom is -0.490 e. The maximum Gasteiger partial charge on any atom is 0.283 e. The molecule has 0 spiro atoms. The summed E-state index contributed by atoms with van der Waals surface area (Å²) in [5.41, 5.74) is 0.301. The average Bonchev–Trinajstić information content (AvgIpc) is 2.53. The number of para-hydroxylation sites is 2. The molecule has 0 saturated heterocycles. The van der Waals surface area contributed by atoms with Gasteiger partial charge in [0.2, 0.25) is 0 Å². The number of amides is 1. The lowest BCUT2D eigenvalue weighted by molar-refractivity contribution is -0.385. The standard InChI is InChI=1S/C15H11ClN2O4/c16-10-5-6-11(13(9-10)18(20)21)15(19)17-7-8-22-14-4-2-1-3-12(14)17/h1-6,9H,7-8H2. The van der Waals surface area contributed by atoms with Crippen molar-refractivity contribution in [3.05, 3.63) is 63.2 Å². The van der Waals surface area contributed by atoms with Crippen molar-refractivity contribution < 1.29 is 14.5 Å². The monoisotopic (exact) mass is 318 g/mol. The van der Waals surface area contributed by atoms with Gasteiger partial charge in [-0.2, -0.15) is 0 Å². The Bertz CT molecular complexity index is 763. The molecule has 1 amide bonds. The molecule has 0 unspecified atom stereocenters. The number of fused-ring (bicyclic) bond motifs is 1. The number of hydrogen-bond donors (Lipinski definition) is 0. The van der Waals surface area contributed by atoms with Gasteiger partial charge in [-0.05, 0) is 24.3 Å². The molecule has 22 heavy (non-hydrogen) atoms. The maximum atomic E-state index is 12.7. The van der Waals surface area contributed by atoms with Gasteiger partial charge in [0.15, 0.2) is 0 Å². The van der Waals surface area contributed by atoms with Crippen LogP contribution in [0.1, 0.15) is 10.4 Å². The molecular weight excluding hydrogens is 308 g/mol. The number of nitrogens with zero attached hydrogens (tertiary/aromatic N) is 2. The van der Waals surface area contributed by atoms with Gasteiger partial charge in [-0.3, -0.25) is 14.9 Å². The number of halogens is 1. The number of ether oxygens (including phenoxy) is 1. The number of nitro groups is 1. The van der Waals surface area contributed by atoms with E-state index in [1.807, 2.05) is 0 Å². The second-order valence-corrected chi connectivity index (χ2v) is 5.13. The lowest BCUT2D eigenvalue weighted by atomic mass is 10.1. The van der Waals surface area contributed by atoms with Gasteiger partial charge < -0.3 is 9.64 Å². The number of benzene rings is 2. The Labute approximate surface area is 131 Å². The van der Waals surface area contributed by atoms with Crippen LogP contribution in [0.15, 0.2) is 42.5 Å². The Hall–Kier alpha value is -2.60. The highest BCUT2D eigenvalue weighted by molar-refractivity contribution is 6.31. The van der Waals surface area contributed by atoms with Crippen LogP contribution in [0.5, 0.6) is 5.75 Å². The Morgan fingerprint density at radius 2 is 2.05 bits per heavy atom. The third-order valence-corrected chi connectivity index (χ3v) is 3.60. The molecule has 6 nitrogen and oxygen atoms in total. The Morgan fingerprint density at radius 3 is 2.82 bits per heavy atom. The van der Waals surface area contributed by atoms with Crippen molar-refractivity contribution >= 4 is 28.9 Å². The first-order valence-electron chi connectivity index (χ1n) is 6.55. The summed E-state index contributed by atoms with van der Waals surface area (Å²) in [5, 5.41) is 11.4. The lowest BCUT2D eigenvalue weighted by Crippen LogP contribution is -2.38. The van der Waals surface area contributed by atoms with E-state index in [1.165, 1.54) is 23.1 Å². The van der Waals surface area contributed by atoms with E-state index in [0.29, 0.717) is 24.6 Å². The first-order valence-corrected chi connectivity index (χ1v) is 6.93. The zero-order valence-corrected chi connectivity index (χ0v) is 12.1. The predicted octanol–water partition coefficient (Wildman–Crippen LogP) is 3.29. The fourth-order valence-corrected chi connectivity index (χ4v) is 2.53. The van der Waals surface area contributed by atoms with E-state index in [-0.39, 0.29) is 16.3 Å². The van der Waals surface area contributed by atoms with E-state index in [9.17, 15) is 14.9 Å². The van der Waals surface area contributed by atoms with Crippen LogP contribution in [0.3, 0.4) is 0 Å². The van der Waals surface area contributed by atoms with Gasteiger partial charge >= 0.3 is 0 Å². The molecule has 3 rings (SSSR count). The van der Waals surface area contributed by atoms with Crippen LogP contribution >= 0.6 is 11.6 Å². The predicted molar refractivity (Wildman–Crippen MR) is 81.7 cm³/mol. The topological polar surface area (TPSA) is 72.7 Å². The van der Waals surface area contributed by atoms with E-state index < -0.39 is 10.8 Å². The number of anilines is 1. The van der Waals surface area contributed by atoms with Crippen LogP contribution in [0.25, 0.3) is 0 Å². The third-order valence-electron chi connectivity index (χ3n) is 3.36. The van der Waals surface area contributed by atoms with Crippen molar-refractivity contribution in [3.63, 3.8) is 0 Å². The lowest BCUT2D eigenvalue weighted by Gasteiger charge is -2.29. The van der Waals surface area contributed by atoms with E-state index in [1.54, 1.807) is 24.3 Å². The molecule has 0 N–H and O–H groups in total. The highest BCUT2D eigenvalue weighted by Crippen LogP contribution is 2.33. The quantitative estimate of drug-likeness (QED) is 0.629. The molecule has 0 atom stereocenters. The first kappa shape index (κ1) is 14.3. The molecule has 2 aromatic rings. The van der Waals surface area contributed by atoms with Gasteiger partial charge in [0.05, 0.1) is 17.2 Å². The summed E-state index contributed by atoms with van der Waals surface area (Å²) in [6.45, 7) is 0.666. The zero-order valence-electron chi connectivity index (χ0n) is 11.4. The van der Waals surface area contributed by atoms with Crippen LogP contribution in [-0.2, 0) is 0 Å². The van der Waals surface area contributed by atoms with Crippen LogP contribution in [0, 0.1) is 10.1 Å². The molecule has 7 heteroatoms. The molecule has 0 radical (unpaired) electrons. The second kappa shape index (κ2) is 5.65. The molecule has 112 valence electrons. The smallest absolute Gasteiger partial charge is 0.283 e. The summed E-state index contributed by atoms with van der Waals surface area (Å²) in [6, 6.07) is 11.1. The van der Waals surface area contributed by atoms with Crippen LogP contribution in [-0.4, -0.2) is 24.0 Å². The molecule has 0 fully saturated rings. The van der Waals surface area contributed by atoms with Crippen LogP contribution in [0.2, 0.25) is 5.02 Å². The molecule has 1 heterocycles. The first-order chi connectivity index (χ1) is 10.6. The number of rotatable bonds is 2. The van der Waals surface area contributed by atoms with E-state index in [0.717, 1.165) is 0 Å². The molecule has 2 aromatic carbocycles. The summed E-state index contributed by atoms with van der Waals surface area (Å²) in [4.78, 5) is 24.8. The Balaban J connectivity index is 2.05. The Morgan fingerprint density at radius 1 is 1.27 bits per heavy atom. The minimum absolute atomic E-state index is 0.00565. The van der Waals surface area contributed by atoms with Gasteiger partial charge in [-0.1, -0.05) is 23.7 Å². The molecule has 0 bridgehead atoms. The number of carbonyl (C=O) groups excluding carboxylic acids is 1. The van der Waals surface area contributed by atoms with Gasteiger partial charge in [0.1, 0.15) is 17.9 Å². The van der Waals surface area contributed by atoms with Crippen molar-refractivity contribution in [2.45, 2.75) is 0 Å². The number of carbonyl (C=O) groups is 1. The summed E-state index contributed by atoms with van der Waals surface area (Å²) < 4.78 is 5.49. The van der Waals surface area contributed by atoms with Gasteiger partial charge in [-0.15, -0.1) is 0 Å². The molecule has 0 aromatic heterocycles. The SMILES string of the molecule is O=C(c1ccc(Cl)cc1[N+](=O)[O-])N1CCOc2ccccc21. The molecule has 0 saturated carbocycles. The van der Waals surface area contributed by atoms with Crippen molar-refractivity contribution in [1.29, 1.82) is 0 Å². The van der Waals surface area contributed by atoms with E-state index >= 15 is 0 Å². The average molecular weight is 319 g/mol. The van der Waals surface area contributed by atoms with Gasteiger partial charge in [0, 0.05) is 11.1 Å². The Kier molecular flexibility index (Phi) is 3.68. The second-order valence-electron chi connectivity index (χ2n) is 4.69. The molecule has 0 aliphatic carbocycles.